The summed E-state index contributed by atoms with van der Waals surface area (Å²) < 4.78 is 17.1. The van der Waals surface area contributed by atoms with Gasteiger partial charge in [0.2, 0.25) is 5.89 Å². The van der Waals surface area contributed by atoms with E-state index in [-0.39, 0.29) is 23.6 Å². The summed E-state index contributed by atoms with van der Waals surface area (Å²) in [4.78, 5) is 34.3. The van der Waals surface area contributed by atoms with Gasteiger partial charge in [0.1, 0.15) is 11.2 Å². The van der Waals surface area contributed by atoms with Gasteiger partial charge in [-0.25, -0.2) is 9.59 Å². The van der Waals surface area contributed by atoms with Crippen molar-refractivity contribution in [3.8, 4) is 0 Å². The zero-order valence-corrected chi connectivity index (χ0v) is 24.8. The maximum Gasteiger partial charge on any atom is 0.410 e. The van der Waals surface area contributed by atoms with Crippen molar-refractivity contribution in [1.29, 1.82) is 0 Å². The molecule has 1 aromatic heterocycles. The summed E-state index contributed by atoms with van der Waals surface area (Å²) in [5.41, 5.74) is -0.0941. The van der Waals surface area contributed by atoms with Crippen molar-refractivity contribution in [3.05, 3.63) is 47.6 Å². The number of carbonyl (C=O) groups excluding carboxylic acids is 2. The molecule has 0 radical (unpaired) electrons. The van der Waals surface area contributed by atoms with Crippen LogP contribution < -0.4 is 0 Å². The van der Waals surface area contributed by atoms with Gasteiger partial charge in [-0.1, -0.05) is 35.5 Å². The van der Waals surface area contributed by atoms with Crippen LogP contribution >= 0.6 is 0 Å². The number of likely N-dealkylation sites (tertiary alicyclic amines) is 1. The number of carbonyl (C=O) groups is 2. The summed E-state index contributed by atoms with van der Waals surface area (Å²) in [7, 11) is 0. The highest BCUT2D eigenvalue weighted by atomic mass is 16.6. The second kappa shape index (κ2) is 10.7. The third kappa shape index (κ3) is 6.96. The molecule has 9 heteroatoms. The Morgan fingerprint density at radius 2 is 1.68 bits per heavy atom. The van der Waals surface area contributed by atoms with Crippen LogP contribution in [-0.2, 0) is 21.3 Å². The van der Waals surface area contributed by atoms with Gasteiger partial charge in [-0.15, -0.1) is 0 Å². The van der Waals surface area contributed by atoms with Gasteiger partial charge in [0.25, 0.3) is 0 Å². The third-order valence-electron chi connectivity index (χ3n) is 8.01. The molecule has 2 aliphatic carbocycles. The predicted molar refractivity (Wildman–Crippen MR) is 150 cm³/mol. The van der Waals surface area contributed by atoms with Gasteiger partial charge >= 0.3 is 12.2 Å². The van der Waals surface area contributed by atoms with E-state index in [9.17, 15) is 9.59 Å². The highest BCUT2D eigenvalue weighted by Gasteiger charge is 2.55. The quantitative estimate of drug-likeness (QED) is 0.410. The second-order valence-electron chi connectivity index (χ2n) is 13.8. The Bertz CT molecular complexity index is 1190. The van der Waals surface area contributed by atoms with E-state index in [0.717, 1.165) is 32.1 Å². The lowest BCUT2D eigenvalue weighted by Gasteiger charge is -2.33. The SMILES string of the molecule is CC(C)(C)OC(=O)N1CCC(Cc2nc(C3(CN(C(=O)OC(C)(C)C)C4C[C@@H]4c4ccccc4)CC3)no2)CC1. The van der Waals surface area contributed by atoms with Crippen molar-refractivity contribution < 1.29 is 23.6 Å². The van der Waals surface area contributed by atoms with Gasteiger partial charge in [0, 0.05) is 38.0 Å². The molecule has 2 amide bonds. The number of amides is 2. The fourth-order valence-corrected chi connectivity index (χ4v) is 5.60. The van der Waals surface area contributed by atoms with Crippen LogP contribution in [0.4, 0.5) is 9.59 Å². The topological polar surface area (TPSA) is 98.0 Å². The van der Waals surface area contributed by atoms with E-state index in [1.807, 2.05) is 64.6 Å². The first-order chi connectivity index (χ1) is 18.8. The number of piperidine rings is 1. The van der Waals surface area contributed by atoms with Crippen LogP contribution in [0.5, 0.6) is 0 Å². The summed E-state index contributed by atoms with van der Waals surface area (Å²) in [5, 5.41) is 4.39. The van der Waals surface area contributed by atoms with Crippen molar-refractivity contribution in [1.82, 2.24) is 19.9 Å². The van der Waals surface area contributed by atoms with Crippen LogP contribution in [0.25, 0.3) is 0 Å². The fraction of sp³-hybridized carbons (Fsp3) is 0.677. The van der Waals surface area contributed by atoms with Crippen molar-refractivity contribution in [2.45, 2.75) is 109 Å². The minimum absolute atomic E-state index is 0.108. The maximum atomic E-state index is 13.4. The predicted octanol–water partition coefficient (Wildman–Crippen LogP) is 6.08. The van der Waals surface area contributed by atoms with Crippen molar-refractivity contribution in [3.63, 3.8) is 0 Å². The van der Waals surface area contributed by atoms with Crippen molar-refractivity contribution in [2.75, 3.05) is 19.6 Å². The standard InChI is InChI=1S/C31H44N4O5/c1-29(2,3)38-27(36)34-16-12-21(13-17-34)18-25-32-26(33-40-25)31(14-15-31)20-35(28(37)39-30(4,5)6)24-19-23(24)22-10-8-7-9-11-22/h7-11,21,23-24H,12-20H2,1-6H3/t23-,24?/m1/s1. The minimum Gasteiger partial charge on any atom is -0.444 e. The molecular weight excluding hydrogens is 508 g/mol. The number of benzene rings is 1. The number of rotatable bonds is 7. The fourth-order valence-electron chi connectivity index (χ4n) is 5.60. The van der Waals surface area contributed by atoms with E-state index < -0.39 is 11.2 Å². The van der Waals surface area contributed by atoms with Crippen LogP contribution in [-0.4, -0.2) is 69.0 Å². The summed E-state index contributed by atoms with van der Waals surface area (Å²) in [6.07, 6.45) is 4.68. The molecular formula is C31H44N4O5. The molecule has 0 bridgehead atoms. The zero-order chi connectivity index (χ0) is 28.7. The van der Waals surface area contributed by atoms with E-state index in [1.54, 1.807) is 4.90 Å². The van der Waals surface area contributed by atoms with Gasteiger partial charge < -0.3 is 23.8 Å². The number of aromatic nitrogens is 2. The molecule has 0 N–H and O–H groups in total. The monoisotopic (exact) mass is 552 g/mol. The smallest absolute Gasteiger partial charge is 0.410 e. The largest absolute Gasteiger partial charge is 0.444 e. The lowest BCUT2D eigenvalue weighted by atomic mass is 9.94. The van der Waals surface area contributed by atoms with E-state index in [0.29, 0.717) is 49.6 Å². The average Bonchev–Trinajstić information content (AvgIpc) is 3.79. The summed E-state index contributed by atoms with van der Waals surface area (Å²) in [6, 6.07) is 10.5. The molecule has 0 spiro atoms. The zero-order valence-electron chi connectivity index (χ0n) is 24.8. The van der Waals surface area contributed by atoms with E-state index in [2.05, 4.69) is 17.3 Å². The van der Waals surface area contributed by atoms with Crippen molar-refractivity contribution >= 4 is 12.2 Å². The van der Waals surface area contributed by atoms with Crippen LogP contribution in [0.15, 0.2) is 34.9 Å². The molecule has 2 saturated carbocycles. The minimum atomic E-state index is -0.568. The van der Waals surface area contributed by atoms with Crippen LogP contribution in [0.2, 0.25) is 0 Å². The molecule has 2 aromatic rings. The Balaban J connectivity index is 1.21. The van der Waals surface area contributed by atoms with Gasteiger partial charge in [0.15, 0.2) is 5.82 Å². The van der Waals surface area contributed by atoms with Crippen LogP contribution in [0.1, 0.15) is 96.8 Å². The van der Waals surface area contributed by atoms with Gasteiger partial charge in [0.05, 0.1) is 5.41 Å². The van der Waals surface area contributed by atoms with Gasteiger partial charge in [-0.3, -0.25) is 0 Å². The summed E-state index contributed by atoms with van der Waals surface area (Å²) in [5.74, 6) is 2.02. The molecule has 2 atom stereocenters. The average molecular weight is 553 g/mol. The number of hydrogen-bond acceptors (Lipinski definition) is 7. The molecule has 40 heavy (non-hydrogen) atoms. The Labute approximate surface area is 237 Å². The summed E-state index contributed by atoms with van der Waals surface area (Å²) >= 11 is 0. The van der Waals surface area contributed by atoms with Gasteiger partial charge in [-0.05, 0) is 85.1 Å². The van der Waals surface area contributed by atoms with E-state index in [4.69, 9.17) is 19.0 Å². The van der Waals surface area contributed by atoms with E-state index >= 15 is 0 Å². The molecule has 9 nitrogen and oxygen atoms in total. The highest BCUT2D eigenvalue weighted by molar-refractivity contribution is 5.70. The molecule has 3 aliphatic rings. The van der Waals surface area contributed by atoms with Crippen molar-refractivity contribution in [2.24, 2.45) is 5.92 Å². The number of hydrogen-bond donors (Lipinski definition) is 0. The molecule has 1 unspecified atom stereocenters. The molecule has 1 saturated heterocycles. The Morgan fingerprint density at radius 3 is 2.27 bits per heavy atom. The molecule has 1 aliphatic heterocycles. The first-order valence-electron chi connectivity index (χ1n) is 14.7. The molecule has 218 valence electrons. The lowest BCUT2D eigenvalue weighted by Crippen LogP contribution is -2.43. The normalized spacial score (nSPS) is 22.5. The van der Waals surface area contributed by atoms with Crippen LogP contribution in [0.3, 0.4) is 0 Å². The molecule has 2 heterocycles. The third-order valence-corrected chi connectivity index (χ3v) is 8.01. The Morgan fingerprint density at radius 1 is 1.02 bits per heavy atom. The molecule has 5 rings (SSSR count). The Kier molecular flexibility index (Phi) is 7.61. The maximum absolute atomic E-state index is 13.4. The number of ether oxygens (including phenoxy) is 2. The first kappa shape index (κ1) is 28.4. The van der Waals surface area contributed by atoms with Crippen LogP contribution in [0, 0.1) is 5.92 Å². The highest BCUT2D eigenvalue weighted by Crippen LogP contribution is 2.52. The Hall–Kier alpha value is -3.10. The molecule has 3 fully saturated rings. The lowest BCUT2D eigenvalue weighted by molar-refractivity contribution is 0.0178. The molecule has 1 aromatic carbocycles. The second-order valence-corrected chi connectivity index (χ2v) is 13.8. The van der Waals surface area contributed by atoms with E-state index in [1.165, 1.54) is 5.56 Å². The first-order valence-corrected chi connectivity index (χ1v) is 14.7. The van der Waals surface area contributed by atoms with Gasteiger partial charge in [-0.2, -0.15) is 4.98 Å². The number of nitrogens with zero attached hydrogens (tertiary/aromatic N) is 4. The summed E-state index contributed by atoms with van der Waals surface area (Å²) in [6.45, 7) is 13.2.